The van der Waals surface area contributed by atoms with Crippen molar-refractivity contribution in [3.63, 3.8) is 0 Å². The molecule has 24 heavy (non-hydrogen) atoms. The van der Waals surface area contributed by atoms with Crippen LogP contribution in [0.3, 0.4) is 0 Å². The molecule has 1 atom stereocenters. The highest BCUT2D eigenvalue weighted by Crippen LogP contribution is 2.25. The maximum atomic E-state index is 13.0. The highest BCUT2D eigenvalue weighted by Gasteiger charge is 2.36. The van der Waals surface area contributed by atoms with E-state index in [1.54, 1.807) is 21.2 Å². The molecule has 126 valence electrons. The number of hydrogen-bond donors (Lipinski definition) is 1. The molecule has 1 aliphatic rings. The van der Waals surface area contributed by atoms with Gasteiger partial charge < -0.3 is 14.8 Å². The van der Waals surface area contributed by atoms with Gasteiger partial charge in [0.25, 0.3) is 5.91 Å². The third-order valence-corrected chi connectivity index (χ3v) is 5.05. The lowest BCUT2D eigenvalue weighted by Crippen LogP contribution is -2.45. The van der Waals surface area contributed by atoms with E-state index >= 15 is 0 Å². The van der Waals surface area contributed by atoms with Crippen LogP contribution in [-0.2, 0) is 11.8 Å². The summed E-state index contributed by atoms with van der Waals surface area (Å²) in [6.45, 7) is 1.88. The maximum Gasteiger partial charge on any atom is 0.272 e. The van der Waals surface area contributed by atoms with E-state index in [4.69, 9.17) is 0 Å². The Morgan fingerprint density at radius 1 is 1.25 bits per heavy atom. The van der Waals surface area contributed by atoms with Gasteiger partial charge in [-0.1, -0.05) is 0 Å². The van der Waals surface area contributed by atoms with E-state index in [1.165, 1.54) is 24.3 Å². The molecule has 1 aromatic carbocycles. The fourth-order valence-corrected chi connectivity index (χ4v) is 3.88. The number of anilines is 1. The molecule has 0 spiro atoms. The molecule has 0 aliphatic carbocycles. The fraction of sp³-hybridized carbons (Fsp3) is 0.294. The van der Waals surface area contributed by atoms with Crippen LogP contribution in [-0.4, -0.2) is 39.0 Å². The number of amides is 2. The zero-order valence-corrected chi connectivity index (χ0v) is 14.3. The fourth-order valence-electron chi connectivity index (χ4n) is 2.73. The van der Waals surface area contributed by atoms with E-state index in [0.29, 0.717) is 23.0 Å². The van der Waals surface area contributed by atoms with Gasteiger partial charge >= 0.3 is 0 Å². The van der Waals surface area contributed by atoms with Gasteiger partial charge in [-0.05, 0) is 42.8 Å². The molecule has 0 radical (unpaired) electrons. The van der Waals surface area contributed by atoms with E-state index in [-0.39, 0.29) is 17.6 Å². The van der Waals surface area contributed by atoms with E-state index < -0.39 is 6.04 Å². The molecule has 3 rings (SSSR count). The molecule has 1 fully saturated rings. The Hall–Kier alpha value is -2.28. The first kappa shape index (κ1) is 16.6. The number of nitrogens with one attached hydrogen (secondary N) is 1. The van der Waals surface area contributed by atoms with E-state index in [9.17, 15) is 14.0 Å². The SMILES string of the molecule is Cc1ccn(C)c1C(=O)N1CSCC1C(=O)Nc1ccc(F)cc1. The van der Waals surface area contributed by atoms with E-state index in [1.807, 2.05) is 26.2 Å². The number of rotatable bonds is 3. The summed E-state index contributed by atoms with van der Waals surface area (Å²) in [6, 6.07) is 6.92. The zero-order chi connectivity index (χ0) is 17.3. The Morgan fingerprint density at radius 2 is 1.96 bits per heavy atom. The molecule has 1 aliphatic heterocycles. The van der Waals surface area contributed by atoms with Gasteiger partial charge in [0.05, 0.1) is 5.88 Å². The van der Waals surface area contributed by atoms with Crippen molar-refractivity contribution < 1.29 is 14.0 Å². The molecule has 2 amide bonds. The number of carbonyl (C=O) groups is 2. The largest absolute Gasteiger partial charge is 0.346 e. The summed E-state index contributed by atoms with van der Waals surface area (Å²) in [7, 11) is 1.82. The van der Waals surface area contributed by atoms with Crippen molar-refractivity contribution in [2.24, 2.45) is 7.05 Å². The molecular formula is C17H18FN3O2S. The number of carbonyl (C=O) groups excluding carboxylic acids is 2. The lowest BCUT2D eigenvalue weighted by molar-refractivity contribution is -0.119. The van der Waals surface area contributed by atoms with Crippen LogP contribution in [0.25, 0.3) is 0 Å². The van der Waals surface area contributed by atoms with Gasteiger partial charge in [-0.3, -0.25) is 9.59 Å². The van der Waals surface area contributed by atoms with Gasteiger partial charge in [0.1, 0.15) is 17.6 Å². The van der Waals surface area contributed by atoms with Gasteiger partial charge in [-0.25, -0.2) is 4.39 Å². The minimum atomic E-state index is -0.540. The Labute approximate surface area is 143 Å². The third-order valence-electron chi connectivity index (χ3n) is 4.03. The van der Waals surface area contributed by atoms with Crippen molar-refractivity contribution in [2.45, 2.75) is 13.0 Å². The predicted octanol–water partition coefficient (Wildman–Crippen LogP) is 2.63. The predicted molar refractivity (Wildman–Crippen MR) is 92.5 cm³/mol. The molecule has 1 aromatic heterocycles. The van der Waals surface area contributed by atoms with Crippen LogP contribution >= 0.6 is 11.8 Å². The molecule has 1 unspecified atom stereocenters. The van der Waals surface area contributed by atoms with Gasteiger partial charge in [-0.15, -0.1) is 11.8 Å². The molecule has 1 N–H and O–H groups in total. The highest BCUT2D eigenvalue weighted by atomic mass is 32.2. The normalized spacial score (nSPS) is 17.1. The number of thioether (sulfide) groups is 1. The lowest BCUT2D eigenvalue weighted by atomic mass is 10.2. The van der Waals surface area contributed by atoms with Crippen molar-refractivity contribution in [1.29, 1.82) is 0 Å². The second-order valence-corrected chi connectivity index (χ2v) is 6.74. The number of aromatic nitrogens is 1. The topological polar surface area (TPSA) is 54.3 Å². The van der Waals surface area contributed by atoms with Crippen LogP contribution in [0.15, 0.2) is 36.5 Å². The highest BCUT2D eigenvalue weighted by molar-refractivity contribution is 7.99. The first-order chi connectivity index (χ1) is 11.5. The number of benzene rings is 1. The second-order valence-electron chi connectivity index (χ2n) is 5.75. The summed E-state index contributed by atoms with van der Waals surface area (Å²) in [5, 5.41) is 2.75. The van der Waals surface area contributed by atoms with Crippen LogP contribution in [0.4, 0.5) is 10.1 Å². The average molecular weight is 347 g/mol. The summed E-state index contributed by atoms with van der Waals surface area (Å²) in [5.74, 6) is 0.254. The minimum absolute atomic E-state index is 0.149. The smallest absolute Gasteiger partial charge is 0.272 e. The monoisotopic (exact) mass is 347 g/mol. The number of nitrogens with zero attached hydrogens (tertiary/aromatic N) is 2. The quantitative estimate of drug-likeness (QED) is 0.929. The summed E-state index contributed by atoms with van der Waals surface area (Å²) in [6.07, 6.45) is 1.83. The first-order valence-corrected chi connectivity index (χ1v) is 8.70. The Kier molecular flexibility index (Phi) is 4.62. The second kappa shape index (κ2) is 6.68. The van der Waals surface area contributed by atoms with Crippen molar-refractivity contribution >= 4 is 29.3 Å². The van der Waals surface area contributed by atoms with Gasteiger partial charge in [0, 0.05) is 24.7 Å². The Morgan fingerprint density at radius 3 is 2.58 bits per heavy atom. The van der Waals surface area contributed by atoms with Gasteiger partial charge in [0.2, 0.25) is 5.91 Å². The van der Waals surface area contributed by atoms with Crippen LogP contribution < -0.4 is 5.32 Å². The summed E-state index contributed by atoms with van der Waals surface area (Å²) >= 11 is 1.54. The standard InChI is InChI=1S/C17H18FN3O2S/c1-11-7-8-20(2)15(11)17(23)21-10-24-9-14(21)16(22)19-13-5-3-12(18)4-6-13/h3-8,14H,9-10H2,1-2H3,(H,19,22). The number of halogens is 1. The van der Waals surface area contributed by atoms with E-state index in [0.717, 1.165) is 5.56 Å². The average Bonchev–Trinajstić information content (AvgIpc) is 3.16. The Balaban J connectivity index is 1.76. The summed E-state index contributed by atoms with van der Waals surface area (Å²) in [4.78, 5) is 26.9. The van der Waals surface area contributed by atoms with E-state index in [2.05, 4.69) is 5.32 Å². The maximum absolute atomic E-state index is 13.0. The molecule has 5 nitrogen and oxygen atoms in total. The van der Waals surface area contributed by atoms with Crippen LogP contribution in [0.1, 0.15) is 16.1 Å². The molecule has 7 heteroatoms. The van der Waals surface area contributed by atoms with Gasteiger partial charge in [0.15, 0.2) is 0 Å². The summed E-state index contributed by atoms with van der Waals surface area (Å²) < 4.78 is 14.7. The molecule has 1 saturated heterocycles. The summed E-state index contributed by atoms with van der Waals surface area (Å²) in [5.41, 5.74) is 2.00. The van der Waals surface area contributed by atoms with Crippen LogP contribution in [0.5, 0.6) is 0 Å². The Bertz CT molecular complexity index is 753. The first-order valence-electron chi connectivity index (χ1n) is 7.54. The van der Waals surface area contributed by atoms with Crippen molar-refractivity contribution in [3.05, 3.63) is 53.6 Å². The van der Waals surface area contributed by atoms with Crippen molar-refractivity contribution in [1.82, 2.24) is 9.47 Å². The van der Waals surface area contributed by atoms with Crippen LogP contribution in [0.2, 0.25) is 0 Å². The lowest BCUT2D eigenvalue weighted by Gasteiger charge is -2.23. The van der Waals surface area contributed by atoms with Crippen molar-refractivity contribution in [3.8, 4) is 0 Å². The third kappa shape index (κ3) is 3.17. The van der Waals surface area contributed by atoms with Crippen molar-refractivity contribution in [2.75, 3.05) is 16.9 Å². The van der Waals surface area contributed by atoms with Gasteiger partial charge in [-0.2, -0.15) is 0 Å². The molecular weight excluding hydrogens is 329 g/mol. The number of hydrogen-bond acceptors (Lipinski definition) is 3. The molecule has 2 aromatic rings. The number of aryl methyl sites for hydroxylation is 2. The molecule has 0 bridgehead atoms. The van der Waals surface area contributed by atoms with Crippen LogP contribution in [0, 0.1) is 12.7 Å². The molecule has 2 heterocycles. The minimum Gasteiger partial charge on any atom is -0.346 e. The zero-order valence-electron chi connectivity index (χ0n) is 13.5. The molecule has 0 saturated carbocycles.